The van der Waals surface area contributed by atoms with Gasteiger partial charge in [-0.2, -0.15) is 0 Å². The lowest BCUT2D eigenvalue weighted by atomic mass is 9.37. The minimum absolute atomic E-state index is 0.309. The Morgan fingerprint density at radius 2 is 1.10 bits per heavy atom. The van der Waals surface area contributed by atoms with Crippen LogP contribution < -0.4 is 26.3 Å². The molecule has 0 N–H and O–H groups in total. The van der Waals surface area contributed by atoms with Crippen molar-refractivity contribution >= 4 is 37.8 Å². The van der Waals surface area contributed by atoms with Crippen LogP contribution in [0.5, 0.6) is 5.75 Å². The third-order valence-electron chi connectivity index (χ3n) is 8.60. The van der Waals surface area contributed by atoms with E-state index in [1.807, 2.05) is 18.6 Å². The normalized spacial score (nSPS) is 10.9. The number of unbranched alkanes of at least 4 members (excludes halogenated alkanes) is 1. The quantitative estimate of drug-likeness (QED) is 0.105. The van der Waals surface area contributed by atoms with Gasteiger partial charge in [0.2, 0.25) is 6.71 Å². The van der Waals surface area contributed by atoms with Crippen molar-refractivity contribution in [3.05, 3.63) is 206 Å². The molecule has 7 rings (SSSR count). The van der Waals surface area contributed by atoms with Crippen molar-refractivity contribution in [3.63, 3.8) is 0 Å². The molecular weight excluding hydrogens is 611 g/mol. The minimum Gasteiger partial charge on any atom is -0.494 e. The molecule has 1 aromatic heterocycles. The Kier molecular flexibility index (Phi) is 11.7. The average Bonchev–Trinajstić information content (AvgIpc) is 3.73. The van der Waals surface area contributed by atoms with E-state index >= 15 is 0 Å². The molecule has 2 radical (unpaired) electrons. The molecule has 0 spiro atoms. The summed E-state index contributed by atoms with van der Waals surface area (Å²) in [5.41, 5.74) is 6.48. The Bertz CT molecular complexity index is 1810. The summed E-state index contributed by atoms with van der Waals surface area (Å²) in [5, 5.41) is 0.881. The van der Waals surface area contributed by atoms with Gasteiger partial charge >= 0.3 is 0 Å². The molecule has 1 heterocycles. The molecule has 0 saturated carbocycles. The van der Waals surface area contributed by atoms with Crippen LogP contribution in [0.1, 0.15) is 30.9 Å². The van der Waals surface area contributed by atoms with Gasteiger partial charge in [-0.15, -0.1) is 0 Å². The van der Waals surface area contributed by atoms with Gasteiger partial charge in [-0.05, 0) is 29.7 Å². The summed E-state index contributed by atoms with van der Waals surface area (Å²) in [6.45, 7) is 3.25. The summed E-state index contributed by atoms with van der Waals surface area (Å²) in [4.78, 5) is 4.39. The smallest absolute Gasteiger partial charge is 0.241 e. The highest BCUT2D eigenvalue weighted by Gasteiger charge is 2.37. The molecule has 6 aromatic carbocycles. The topological polar surface area (TPSA) is 27.1 Å². The highest BCUT2D eigenvalue weighted by atomic mass is 28.2. The molecule has 240 valence electrons. The van der Waals surface area contributed by atoms with Gasteiger partial charge in [0.15, 0.2) is 0 Å². The van der Waals surface area contributed by atoms with Crippen LogP contribution in [-0.2, 0) is 5.16 Å². The number of ether oxygens (including phenoxy) is 1. The Hall–Kier alpha value is -5.39. The van der Waals surface area contributed by atoms with E-state index in [0.29, 0.717) is 16.2 Å². The van der Waals surface area contributed by atoms with Gasteiger partial charge in [-0.25, -0.2) is 4.98 Å². The van der Waals surface area contributed by atoms with E-state index in [9.17, 15) is 0 Å². The molecule has 0 saturated heterocycles. The summed E-state index contributed by atoms with van der Waals surface area (Å²) >= 11 is 0. The van der Waals surface area contributed by atoms with Crippen LogP contribution in [0.4, 0.5) is 0 Å². The second-order valence-corrected chi connectivity index (χ2v) is 13.5. The SMILES string of the molecule is CCCCOc1cccc([Si]C(c2ccccc2)(c2ccccc2)n2ccnc2)c1.c1ccc(B(c2ccccc2)c2ccccc2)cc1. The molecule has 0 unspecified atom stereocenters. The fourth-order valence-corrected chi connectivity index (χ4v) is 7.91. The molecule has 49 heavy (non-hydrogen) atoms. The minimum atomic E-state index is -0.374. The number of nitrogens with zero attached hydrogens (tertiary/aromatic N) is 2. The van der Waals surface area contributed by atoms with Crippen LogP contribution in [0, 0.1) is 0 Å². The lowest BCUT2D eigenvalue weighted by Crippen LogP contribution is -2.51. The first-order valence-electron chi connectivity index (χ1n) is 17.0. The number of hydrogen-bond acceptors (Lipinski definition) is 2. The molecule has 5 heteroatoms. The van der Waals surface area contributed by atoms with E-state index in [2.05, 4.69) is 193 Å². The van der Waals surface area contributed by atoms with Crippen molar-refractivity contribution in [2.45, 2.75) is 24.9 Å². The van der Waals surface area contributed by atoms with E-state index < -0.39 is 0 Å². The Balaban J connectivity index is 0.000000188. The molecule has 0 atom stereocenters. The Morgan fingerprint density at radius 3 is 1.55 bits per heavy atom. The summed E-state index contributed by atoms with van der Waals surface area (Å²) in [5.74, 6) is 0.939. The molecule has 0 bridgehead atoms. The summed E-state index contributed by atoms with van der Waals surface area (Å²) in [7, 11) is 0.460. The van der Waals surface area contributed by atoms with Crippen LogP contribution >= 0.6 is 0 Å². The monoisotopic (exact) mass is 652 g/mol. The van der Waals surface area contributed by atoms with Crippen LogP contribution in [0.25, 0.3) is 0 Å². The first-order chi connectivity index (χ1) is 24.3. The lowest BCUT2D eigenvalue weighted by molar-refractivity contribution is 0.309. The summed E-state index contributed by atoms with van der Waals surface area (Å²) in [6.07, 6.45) is 8.05. The first kappa shape index (κ1) is 33.5. The highest BCUT2D eigenvalue weighted by molar-refractivity contribution is 6.95. The number of rotatable bonds is 12. The molecule has 0 fully saturated rings. The maximum atomic E-state index is 5.99. The first-order valence-corrected chi connectivity index (χ1v) is 18.0. The van der Waals surface area contributed by atoms with Gasteiger partial charge in [-0.3, -0.25) is 0 Å². The van der Waals surface area contributed by atoms with Crippen LogP contribution in [0.3, 0.4) is 0 Å². The number of hydrogen-bond donors (Lipinski definition) is 0. The largest absolute Gasteiger partial charge is 0.494 e. The van der Waals surface area contributed by atoms with Crippen LogP contribution in [0.15, 0.2) is 195 Å². The molecule has 0 aliphatic carbocycles. The van der Waals surface area contributed by atoms with Crippen molar-refractivity contribution in [2.75, 3.05) is 6.61 Å². The zero-order valence-corrected chi connectivity index (χ0v) is 29.0. The van der Waals surface area contributed by atoms with Crippen LogP contribution in [-0.4, -0.2) is 32.4 Å². The van der Waals surface area contributed by atoms with Crippen molar-refractivity contribution < 1.29 is 4.74 Å². The maximum absolute atomic E-state index is 5.99. The van der Waals surface area contributed by atoms with E-state index in [-0.39, 0.29) is 5.16 Å². The Morgan fingerprint density at radius 1 is 0.612 bits per heavy atom. The van der Waals surface area contributed by atoms with Gasteiger partial charge < -0.3 is 9.30 Å². The Labute approximate surface area is 294 Å². The van der Waals surface area contributed by atoms with Crippen molar-refractivity contribution in [2.24, 2.45) is 0 Å². The summed E-state index contributed by atoms with van der Waals surface area (Å²) in [6, 6.07) is 62.0. The van der Waals surface area contributed by atoms with Crippen molar-refractivity contribution in [1.29, 1.82) is 0 Å². The molecule has 0 aliphatic rings. The predicted octanol–water partition coefficient (Wildman–Crippen LogP) is 7.04. The standard InChI is InChI=1S/C26H26N2OSi.C18H15B/c1-2-3-19-29-24-15-10-16-25(20-24)30-26(28-18-17-27-21-28,22-11-6-4-7-12-22)23-13-8-5-9-14-23;1-4-10-16(11-5-1)19(17-12-6-2-7-13-17)18-14-8-3-9-15-18/h4-18,20-21H,2-3,19H2,1H3;1-15H. The van der Waals surface area contributed by atoms with Gasteiger partial charge in [0.25, 0.3) is 0 Å². The molecular formula is C44H41BN2OSi. The second kappa shape index (κ2) is 17.1. The van der Waals surface area contributed by atoms with Gasteiger partial charge in [0.1, 0.15) is 15.3 Å². The number of aromatic nitrogens is 2. The average molecular weight is 653 g/mol. The predicted molar refractivity (Wildman–Crippen MR) is 208 cm³/mol. The maximum Gasteiger partial charge on any atom is 0.241 e. The van der Waals surface area contributed by atoms with Gasteiger partial charge in [0.05, 0.1) is 18.1 Å². The van der Waals surface area contributed by atoms with Crippen molar-refractivity contribution in [1.82, 2.24) is 9.55 Å². The summed E-state index contributed by atoms with van der Waals surface area (Å²) < 4.78 is 8.23. The zero-order valence-electron chi connectivity index (χ0n) is 28.0. The fourth-order valence-electron chi connectivity index (χ4n) is 6.21. The van der Waals surface area contributed by atoms with E-state index in [1.54, 1.807) is 0 Å². The number of benzene rings is 6. The molecule has 7 aromatic rings. The molecule has 3 nitrogen and oxygen atoms in total. The van der Waals surface area contributed by atoms with E-state index in [1.165, 1.54) is 32.7 Å². The van der Waals surface area contributed by atoms with E-state index in [0.717, 1.165) is 25.2 Å². The second-order valence-electron chi connectivity index (χ2n) is 11.9. The third-order valence-corrected chi connectivity index (χ3v) is 10.4. The zero-order chi connectivity index (χ0) is 33.6. The van der Waals surface area contributed by atoms with Gasteiger partial charge in [0, 0.05) is 12.4 Å². The molecule has 0 amide bonds. The lowest BCUT2D eigenvalue weighted by Gasteiger charge is -2.36. The number of imidazole rings is 1. The fraction of sp³-hybridized carbons (Fsp3) is 0.114. The molecule has 0 aliphatic heterocycles. The highest BCUT2D eigenvalue weighted by Crippen LogP contribution is 2.33. The van der Waals surface area contributed by atoms with Crippen molar-refractivity contribution in [3.8, 4) is 5.75 Å². The van der Waals surface area contributed by atoms with Gasteiger partial charge in [-0.1, -0.05) is 199 Å². The van der Waals surface area contributed by atoms with Crippen LogP contribution in [0.2, 0.25) is 0 Å². The van der Waals surface area contributed by atoms with E-state index in [4.69, 9.17) is 4.74 Å². The third kappa shape index (κ3) is 8.37.